The average molecular weight is 500 g/mol. The van der Waals surface area contributed by atoms with Gasteiger partial charge in [-0.05, 0) is 12.5 Å². The number of carbonyl (C=O) groups is 2. The Morgan fingerprint density at radius 1 is 1.29 bits per heavy atom. The van der Waals surface area contributed by atoms with E-state index in [-0.39, 0.29) is 43.5 Å². The van der Waals surface area contributed by atoms with E-state index in [2.05, 4.69) is 5.32 Å². The molecular weight excluding hydrogens is 477 g/mol. The van der Waals surface area contributed by atoms with Crippen LogP contribution in [0, 0.1) is 17.6 Å². The first-order valence-corrected chi connectivity index (χ1v) is 12.1. The summed E-state index contributed by atoms with van der Waals surface area (Å²) in [4.78, 5) is 55.7. The van der Waals surface area contributed by atoms with Crippen LogP contribution in [0.2, 0.25) is 0 Å². The zero-order valence-corrected chi connectivity index (χ0v) is 18.9. The predicted molar refractivity (Wildman–Crippen MR) is 115 cm³/mol. The molecule has 184 valence electrons. The van der Waals surface area contributed by atoms with Gasteiger partial charge in [0.1, 0.15) is 22.9 Å². The molecule has 13 heteroatoms. The molecule has 0 spiro atoms. The second kappa shape index (κ2) is 10.1. The number of nitrogens with zero attached hydrogens (tertiary/aromatic N) is 1. The van der Waals surface area contributed by atoms with Crippen molar-refractivity contribution in [1.82, 2.24) is 9.88 Å². The van der Waals surface area contributed by atoms with E-state index in [1.54, 1.807) is 0 Å². The summed E-state index contributed by atoms with van der Waals surface area (Å²) >= 11 is 0. The van der Waals surface area contributed by atoms with Crippen LogP contribution in [0.1, 0.15) is 39.8 Å². The predicted octanol–water partition coefficient (Wildman–Crippen LogP) is 1.55. The number of Topliss-reactive ketones (excluding diaryl/α,β-unsaturated/α-hetero) is 1. The molecule has 0 bridgehead atoms. The van der Waals surface area contributed by atoms with E-state index >= 15 is 0 Å². The third-order valence-electron chi connectivity index (χ3n) is 5.46. The van der Waals surface area contributed by atoms with Crippen molar-refractivity contribution in [3.8, 4) is 5.75 Å². The third-order valence-corrected chi connectivity index (χ3v) is 6.36. The molecule has 4 N–H and O–H groups in total. The maximum absolute atomic E-state index is 13.8. The lowest BCUT2D eigenvalue weighted by Gasteiger charge is -2.31. The van der Waals surface area contributed by atoms with Crippen LogP contribution < -0.4 is 10.7 Å². The maximum Gasteiger partial charge on any atom is 0.325 e. The monoisotopic (exact) mass is 500 g/mol. The summed E-state index contributed by atoms with van der Waals surface area (Å²) in [5, 5.41) is 12.7. The number of aromatic nitrogens is 1. The van der Waals surface area contributed by atoms with Gasteiger partial charge >= 0.3 is 7.60 Å². The molecule has 1 aliphatic heterocycles. The Labute approximate surface area is 192 Å². The van der Waals surface area contributed by atoms with Gasteiger partial charge in [0.2, 0.25) is 5.43 Å². The highest BCUT2D eigenvalue weighted by Crippen LogP contribution is 2.35. The van der Waals surface area contributed by atoms with Gasteiger partial charge in [0.25, 0.3) is 5.91 Å². The first-order chi connectivity index (χ1) is 15.9. The molecule has 2 atom stereocenters. The Kier molecular flexibility index (Phi) is 7.67. The van der Waals surface area contributed by atoms with Crippen molar-refractivity contribution >= 4 is 19.3 Å². The minimum Gasteiger partial charge on any atom is -0.503 e. The number of hydrogen-bond acceptors (Lipinski definition) is 6. The number of ketones is 1. The van der Waals surface area contributed by atoms with Gasteiger partial charge in [-0.3, -0.25) is 18.9 Å². The van der Waals surface area contributed by atoms with Gasteiger partial charge in [-0.2, -0.15) is 0 Å². The summed E-state index contributed by atoms with van der Waals surface area (Å²) < 4.78 is 44.6. The number of nitrogens with one attached hydrogen (secondary N) is 1. The minimum atomic E-state index is -4.19. The van der Waals surface area contributed by atoms with Gasteiger partial charge in [-0.25, -0.2) is 8.78 Å². The van der Waals surface area contributed by atoms with Crippen LogP contribution in [0.5, 0.6) is 5.75 Å². The topological polar surface area (TPSA) is 155 Å². The highest BCUT2D eigenvalue weighted by atomic mass is 31.2. The average Bonchev–Trinajstić information content (AvgIpc) is 2.75. The van der Waals surface area contributed by atoms with Gasteiger partial charge in [0.05, 0.1) is 12.3 Å². The summed E-state index contributed by atoms with van der Waals surface area (Å²) in [5.74, 6) is -4.88. The van der Waals surface area contributed by atoms with E-state index < -0.39 is 59.7 Å². The number of fused-ring (bicyclic) bond motifs is 1. The van der Waals surface area contributed by atoms with E-state index in [4.69, 9.17) is 14.5 Å². The smallest absolute Gasteiger partial charge is 0.325 e. The van der Waals surface area contributed by atoms with Crippen molar-refractivity contribution in [2.24, 2.45) is 5.92 Å². The quantitative estimate of drug-likeness (QED) is 0.314. The molecule has 0 radical (unpaired) electrons. The molecule has 0 saturated carbocycles. The molecule has 34 heavy (non-hydrogen) atoms. The first kappa shape index (κ1) is 25.7. The number of benzene rings is 1. The fourth-order valence-electron chi connectivity index (χ4n) is 3.59. The lowest BCUT2D eigenvalue weighted by atomic mass is 9.91. The standard InChI is InChI=1S/C21H23F2N2O8P/c1-11-16(33-5-2-6-34(30,31)32)10-25-9-14(19(27)20(28)17(25)18(11)26)21(29)24-8-12-3-4-13(22)7-15(12)23/h3-4,7,9,11,16,28H,2,5-6,8,10H2,1H3,(H,24,29)(H2,30,31,32). The number of hydrogen-bond donors (Lipinski definition) is 4. The Bertz CT molecular complexity index is 1230. The molecule has 2 heterocycles. The zero-order chi connectivity index (χ0) is 25.2. The van der Waals surface area contributed by atoms with Crippen LogP contribution in [0.15, 0.2) is 29.2 Å². The fraction of sp³-hybridized carbons (Fsp3) is 0.381. The largest absolute Gasteiger partial charge is 0.503 e. The number of aromatic hydroxyl groups is 1. The van der Waals surface area contributed by atoms with Gasteiger partial charge in [0, 0.05) is 43.4 Å². The molecule has 3 rings (SSSR count). The van der Waals surface area contributed by atoms with Crippen molar-refractivity contribution in [2.75, 3.05) is 12.8 Å². The number of pyridine rings is 1. The minimum absolute atomic E-state index is 0.0150. The van der Waals surface area contributed by atoms with Crippen LogP contribution in [-0.4, -0.2) is 50.0 Å². The molecule has 1 aromatic carbocycles. The van der Waals surface area contributed by atoms with E-state index in [1.165, 1.54) is 11.5 Å². The van der Waals surface area contributed by atoms with Gasteiger partial charge < -0.3 is 29.5 Å². The van der Waals surface area contributed by atoms with Crippen molar-refractivity contribution in [1.29, 1.82) is 0 Å². The highest BCUT2D eigenvalue weighted by molar-refractivity contribution is 7.51. The normalized spacial score (nSPS) is 18.0. The maximum atomic E-state index is 13.8. The molecule has 0 fully saturated rings. The Morgan fingerprint density at radius 2 is 2.00 bits per heavy atom. The lowest BCUT2D eigenvalue weighted by molar-refractivity contribution is 0.00156. The summed E-state index contributed by atoms with van der Waals surface area (Å²) in [6.07, 6.45) is 0.0227. The number of amides is 1. The van der Waals surface area contributed by atoms with Gasteiger partial charge in [-0.1, -0.05) is 13.0 Å². The van der Waals surface area contributed by atoms with Crippen molar-refractivity contribution in [3.05, 3.63) is 63.1 Å². The molecule has 1 aromatic heterocycles. The van der Waals surface area contributed by atoms with Crippen LogP contribution in [0.25, 0.3) is 0 Å². The molecule has 1 aliphatic rings. The summed E-state index contributed by atoms with van der Waals surface area (Å²) in [7, 11) is -4.19. The second-order valence-electron chi connectivity index (χ2n) is 7.94. The van der Waals surface area contributed by atoms with Crippen LogP contribution in [0.4, 0.5) is 8.78 Å². The van der Waals surface area contributed by atoms with Gasteiger partial charge in [0.15, 0.2) is 11.5 Å². The summed E-state index contributed by atoms with van der Waals surface area (Å²) in [5.41, 5.74) is -1.88. The first-order valence-electron chi connectivity index (χ1n) is 10.3. The molecule has 0 saturated heterocycles. The number of carbonyl (C=O) groups excluding carboxylic acids is 2. The summed E-state index contributed by atoms with van der Waals surface area (Å²) in [6.45, 7) is 1.12. The Balaban J connectivity index is 1.78. The van der Waals surface area contributed by atoms with E-state index in [0.29, 0.717) is 6.07 Å². The fourth-order valence-corrected chi connectivity index (χ4v) is 4.13. The highest BCUT2D eigenvalue weighted by Gasteiger charge is 2.36. The molecule has 10 nitrogen and oxygen atoms in total. The summed E-state index contributed by atoms with van der Waals surface area (Å²) in [6, 6.07) is 2.79. The van der Waals surface area contributed by atoms with Crippen molar-refractivity contribution < 1.29 is 42.6 Å². The lowest BCUT2D eigenvalue weighted by Crippen LogP contribution is -2.42. The molecular formula is C21H23F2N2O8P. The zero-order valence-electron chi connectivity index (χ0n) is 18.0. The molecule has 1 amide bonds. The van der Waals surface area contributed by atoms with Crippen LogP contribution >= 0.6 is 7.60 Å². The van der Waals surface area contributed by atoms with E-state index in [1.807, 2.05) is 0 Å². The van der Waals surface area contributed by atoms with Crippen molar-refractivity contribution in [2.45, 2.75) is 32.5 Å². The van der Waals surface area contributed by atoms with E-state index in [9.17, 15) is 32.8 Å². The Hall–Kier alpha value is -2.92. The number of halogens is 2. The van der Waals surface area contributed by atoms with E-state index in [0.717, 1.165) is 18.3 Å². The third kappa shape index (κ3) is 5.76. The van der Waals surface area contributed by atoms with Gasteiger partial charge in [-0.15, -0.1) is 0 Å². The second-order valence-corrected chi connectivity index (χ2v) is 9.72. The van der Waals surface area contributed by atoms with Crippen LogP contribution in [-0.2, 0) is 22.4 Å². The molecule has 2 aromatic rings. The Morgan fingerprint density at radius 3 is 2.65 bits per heavy atom. The number of rotatable bonds is 8. The SMILES string of the molecule is CC1C(=O)c2c(O)c(=O)c(C(=O)NCc3ccc(F)cc3F)cn2CC1OCCCP(=O)(O)O. The molecule has 2 unspecified atom stereocenters. The van der Waals surface area contributed by atoms with Crippen molar-refractivity contribution in [3.63, 3.8) is 0 Å². The van der Waals surface area contributed by atoms with Crippen LogP contribution in [0.3, 0.4) is 0 Å². The number of ether oxygens (including phenoxy) is 1. The molecule has 0 aliphatic carbocycles.